The molecule has 1 aromatic rings. The molecule has 102 valence electrons. The lowest BCUT2D eigenvalue weighted by molar-refractivity contribution is -0.149. The van der Waals surface area contributed by atoms with Gasteiger partial charge in [-0.15, -0.1) is 0 Å². The average Bonchev–Trinajstić information content (AvgIpc) is 3.18. The predicted octanol–water partition coefficient (Wildman–Crippen LogP) is 1.25. The molecule has 19 heavy (non-hydrogen) atoms. The van der Waals surface area contributed by atoms with E-state index in [1.54, 1.807) is 0 Å². The Hall–Kier alpha value is -2.11. The van der Waals surface area contributed by atoms with E-state index < -0.39 is 23.8 Å². The Kier molecular flexibility index (Phi) is 3.69. The van der Waals surface area contributed by atoms with Crippen molar-refractivity contribution in [2.45, 2.75) is 18.9 Å². The zero-order valence-electron chi connectivity index (χ0n) is 10.4. The molecule has 2 N–H and O–H groups in total. The lowest BCUT2D eigenvalue weighted by Gasteiger charge is -2.18. The Labute approximate surface area is 109 Å². The van der Waals surface area contributed by atoms with E-state index >= 15 is 0 Å². The van der Waals surface area contributed by atoms with E-state index in [1.807, 2.05) is 0 Å². The van der Waals surface area contributed by atoms with E-state index in [-0.39, 0.29) is 17.2 Å². The first kappa shape index (κ1) is 13.3. The summed E-state index contributed by atoms with van der Waals surface area (Å²) in [5.41, 5.74) is 4.77. The van der Waals surface area contributed by atoms with Crippen molar-refractivity contribution in [1.82, 2.24) is 0 Å². The fourth-order valence-corrected chi connectivity index (χ4v) is 1.83. The number of methoxy groups -OCH3 is 1. The molecular formula is C13H14FNO4. The van der Waals surface area contributed by atoms with Gasteiger partial charge in [-0.2, -0.15) is 0 Å². The summed E-state index contributed by atoms with van der Waals surface area (Å²) in [6, 6.07) is 3.90. The highest BCUT2D eigenvalue weighted by Gasteiger charge is 2.39. The zero-order valence-corrected chi connectivity index (χ0v) is 10.4. The first-order chi connectivity index (χ1) is 9.04. The molecule has 1 aromatic carbocycles. The molecule has 1 aliphatic rings. The van der Waals surface area contributed by atoms with E-state index in [0.717, 1.165) is 18.9 Å². The summed E-state index contributed by atoms with van der Waals surface area (Å²) in [4.78, 5) is 22.8. The van der Waals surface area contributed by atoms with Crippen LogP contribution in [0.1, 0.15) is 23.2 Å². The van der Waals surface area contributed by atoms with Crippen LogP contribution >= 0.6 is 0 Å². The topological polar surface area (TPSA) is 78.6 Å². The lowest BCUT2D eigenvalue weighted by Crippen LogP contribution is -2.31. The van der Waals surface area contributed by atoms with Gasteiger partial charge in [-0.05, 0) is 25.0 Å². The summed E-state index contributed by atoms with van der Waals surface area (Å²) >= 11 is 0. The van der Waals surface area contributed by atoms with Gasteiger partial charge in [0.1, 0.15) is 17.1 Å². The third-order valence-electron chi connectivity index (χ3n) is 2.96. The summed E-state index contributed by atoms with van der Waals surface area (Å²) in [7, 11) is 1.25. The molecule has 0 bridgehead atoms. The summed E-state index contributed by atoms with van der Waals surface area (Å²) in [6.07, 6.45) is 0.840. The first-order valence-electron chi connectivity index (χ1n) is 5.87. The van der Waals surface area contributed by atoms with Crippen LogP contribution in [0.25, 0.3) is 0 Å². The second-order valence-corrected chi connectivity index (χ2v) is 4.38. The maximum absolute atomic E-state index is 13.6. The van der Waals surface area contributed by atoms with E-state index in [9.17, 15) is 14.0 Å². The van der Waals surface area contributed by atoms with Crippen LogP contribution in [0.2, 0.25) is 0 Å². The van der Waals surface area contributed by atoms with Crippen LogP contribution in [0.3, 0.4) is 0 Å². The molecule has 0 aromatic heterocycles. The van der Waals surface area contributed by atoms with E-state index in [0.29, 0.717) is 0 Å². The van der Waals surface area contributed by atoms with Gasteiger partial charge in [0.2, 0.25) is 0 Å². The zero-order chi connectivity index (χ0) is 14.0. The van der Waals surface area contributed by atoms with Crippen LogP contribution in [0.5, 0.6) is 5.75 Å². The van der Waals surface area contributed by atoms with Crippen LogP contribution in [0, 0.1) is 11.7 Å². The number of amides is 1. The van der Waals surface area contributed by atoms with Crippen molar-refractivity contribution < 1.29 is 23.5 Å². The number of halogens is 1. The monoisotopic (exact) mass is 267 g/mol. The molecular weight excluding hydrogens is 253 g/mol. The first-order valence-corrected chi connectivity index (χ1v) is 5.87. The van der Waals surface area contributed by atoms with Crippen molar-refractivity contribution in [3.8, 4) is 5.75 Å². The quantitative estimate of drug-likeness (QED) is 0.814. The lowest BCUT2D eigenvalue weighted by atomic mass is 10.1. The maximum Gasteiger partial charge on any atom is 0.347 e. The van der Waals surface area contributed by atoms with Gasteiger partial charge in [-0.25, -0.2) is 9.18 Å². The Morgan fingerprint density at radius 2 is 2.11 bits per heavy atom. The number of primary amides is 1. The highest BCUT2D eigenvalue weighted by molar-refractivity contribution is 5.96. The SMILES string of the molecule is COC(=O)C(Oc1cccc(F)c1C(N)=O)C1CC1. The number of carbonyl (C=O) groups is 2. The van der Waals surface area contributed by atoms with Crippen molar-refractivity contribution in [3.05, 3.63) is 29.6 Å². The van der Waals surface area contributed by atoms with Crippen molar-refractivity contribution >= 4 is 11.9 Å². The van der Waals surface area contributed by atoms with E-state index in [2.05, 4.69) is 4.74 Å². The average molecular weight is 267 g/mol. The minimum Gasteiger partial charge on any atom is -0.477 e. The van der Waals surface area contributed by atoms with Gasteiger partial charge in [0, 0.05) is 5.92 Å². The van der Waals surface area contributed by atoms with Crippen LogP contribution in [-0.4, -0.2) is 25.1 Å². The van der Waals surface area contributed by atoms with Crippen molar-refractivity contribution in [2.75, 3.05) is 7.11 Å². The number of benzene rings is 1. The van der Waals surface area contributed by atoms with Crippen molar-refractivity contribution in [1.29, 1.82) is 0 Å². The maximum atomic E-state index is 13.6. The second-order valence-electron chi connectivity index (χ2n) is 4.38. The van der Waals surface area contributed by atoms with E-state index in [4.69, 9.17) is 10.5 Å². The second kappa shape index (κ2) is 5.26. The Morgan fingerprint density at radius 3 is 2.63 bits per heavy atom. The number of hydrogen-bond acceptors (Lipinski definition) is 4. The summed E-state index contributed by atoms with van der Waals surface area (Å²) < 4.78 is 23.6. The van der Waals surface area contributed by atoms with Gasteiger partial charge in [-0.1, -0.05) is 6.07 Å². The van der Waals surface area contributed by atoms with Gasteiger partial charge in [0.25, 0.3) is 5.91 Å². The van der Waals surface area contributed by atoms with Gasteiger partial charge in [0.15, 0.2) is 6.10 Å². The van der Waals surface area contributed by atoms with Crippen LogP contribution in [-0.2, 0) is 9.53 Å². The van der Waals surface area contributed by atoms with Crippen LogP contribution in [0.15, 0.2) is 18.2 Å². The van der Waals surface area contributed by atoms with Gasteiger partial charge < -0.3 is 15.2 Å². The Bertz CT molecular complexity index is 513. The highest BCUT2D eigenvalue weighted by atomic mass is 19.1. The molecule has 0 aliphatic heterocycles. The molecule has 0 radical (unpaired) electrons. The molecule has 1 saturated carbocycles. The van der Waals surface area contributed by atoms with Gasteiger partial charge in [0.05, 0.1) is 7.11 Å². The number of hydrogen-bond donors (Lipinski definition) is 1. The molecule has 0 saturated heterocycles. The molecule has 6 heteroatoms. The molecule has 2 rings (SSSR count). The Balaban J connectivity index is 2.29. The van der Waals surface area contributed by atoms with Crippen molar-refractivity contribution in [2.24, 2.45) is 11.7 Å². The number of ether oxygens (including phenoxy) is 2. The summed E-state index contributed by atoms with van der Waals surface area (Å²) in [5.74, 6) is -2.25. The molecule has 1 fully saturated rings. The Morgan fingerprint density at radius 1 is 1.42 bits per heavy atom. The number of rotatable bonds is 5. The van der Waals surface area contributed by atoms with Crippen molar-refractivity contribution in [3.63, 3.8) is 0 Å². The normalized spacial score (nSPS) is 15.7. The van der Waals surface area contributed by atoms with Crippen LogP contribution in [0.4, 0.5) is 4.39 Å². The molecule has 1 atom stereocenters. The highest BCUT2D eigenvalue weighted by Crippen LogP contribution is 2.36. The molecule has 0 heterocycles. The van der Waals surface area contributed by atoms with E-state index in [1.165, 1.54) is 19.2 Å². The third-order valence-corrected chi connectivity index (χ3v) is 2.96. The van der Waals surface area contributed by atoms with Gasteiger partial charge >= 0.3 is 5.97 Å². The number of nitrogens with two attached hydrogens (primary N) is 1. The molecule has 1 aliphatic carbocycles. The minimum absolute atomic E-state index is 0.0326. The predicted molar refractivity (Wildman–Crippen MR) is 64.1 cm³/mol. The summed E-state index contributed by atoms with van der Waals surface area (Å²) in [5, 5.41) is 0. The molecule has 0 spiro atoms. The number of esters is 1. The standard InChI is InChI=1S/C13H14FNO4/c1-18-13(17)11(7-5-6-7)19-9-4-2-3-8(14)10(9)12(15)16/h2-4,7,11H,5-6H2,1H3,(H2,15,16). The van der Waals surface area contributed by atoms with Gasteiger partial charge in [-0.3, -0.25) is 4.79 Å². The third kappa shape index (κ3) is 2.83. The van der Waals surface area contributed by atoms with Crippen LogP contribution < -0.4 is 10.5 Å². The smallest absolute Gasteiger partial charge is 0.347 e. The fraction of sp³-hybridized carbons (Fsp3) is 0.385. The molecule has 1 unspecified atom stereocenters. The summed E-state index contributed by atoms with van der Waals surface area (Å²) in [6.45, 7) is 0. The largest absolute Gasteiger partial charge is 0.477 e. The molecule has 5 nitrogen and oxygen atoms in total. The number of carbonyl (C=O) groups excluding carboxylic acids is 2. The fourth-order valence-electron chi connectivity index (χ4n) is 1.83. The molecule has 1 amide bonds. The minimum atomic E-state index is -0.937.